The van der Waals surface area contributed by atoms with Gasteiger partial charge in [0.2, 0.25) is 0 Å². The summed E-state index contributed by atoms with van der Waals surface area (Å²) >= 11 is 6.01. The van der Waals surface area contributed by atoms with Crippen molar-refractivity contribution in [2.75, 3.05) is 40.4 Å². The van der Waals surface area contributed by atoms with Crippen molar-refractivity contribution in [3.63, 3.8) is 0 Å². The molecule has 7 heteroatoms. The second-order valence-electron chi connectivity index (χ2n) is 4.47. The predicted octanol–water partition coefficient (Wildman–Crippen LogP) is 1.92. The second-order valence-corrected chi connectivity index (χ2v) is 4.87. The summed E-state index contributed by atoms with van der Waals surface area (Å²) in [5, 5.41) is 14.5. The number of nitro benzene ring substituents is 1. The Hall–Kier alpha value is -1.21. The summed E-state index contributed by atoms with van der Waals surface area (Å²) < 4.78 is 4.99. The third-order valence-electron chi connectivity index (χ3n) is 2.94. The highest BCUT2D eigenvalue weighted by Crippen LogP contribution is 2.25. The Bertz CT molecular complexity index is 443. The van der Waals surface area contributed by atoms with Gasteiger partial charge in [0.15, 0.2) is 0 Å². The van der Waals surface area contributed by atoms with Crippen molar-refractivity contribution in [3.8, 4) is 0 Å². The van der Waals surface area contributed by atoms with E-state index in [4.69, 9.17) is 16.3 Å². The van der Waals surface area contributed by atoms with Crippen molar-refractivity contribution in [1.29, 1.82) is 0 Å². The molecule has 112 valence electrons. The Morgan fingerprint density at radius 3 is 2.85 bits per heavy atom. The zero-order valence-corrected chi connectivity index (χ0v) is 12.5. The van der Waals surface area contributed by atoms with E-state index >= 15 is 0 Å². The van der Waals surface area contributed by atoms with Gasteiger partial charge in [-0.3, -0.25) is 10.1 Å². The van der Waals surface area contributed by atoms with Crippen LogP contribution in [0.5, 0.6) is 0 Å². The lowest BCUT2D eigenvalue weighted by atomic mass is 10.2. The summed E-state index contributed by atoms with van der Waals surface area (Å²) in [6, 6.07) is 4.71. The minimum Gasteiger partial charge on any atom is -0.383 e. The highest BCUT2D eigenvalue weighted by molar-refractivity contribution is 6.31. The smallest absolute Gasteiger partial charge is 0.275 e. The molecule has 1 aromatic carbocycles. The fraction of sp³-hybridized carbons (Fsp3) is 0.538. The van der Waals surface area contributed by atoms with Crippen LogP contribution in [0, 0.1) is 10.1 Å². The molecule has 0 radical (unpaired) electrons. The van der Waals surface area contributed by atoms with Crippen LogP contribution >= 0.6 is 11.6 Å². The zero-order chi connectivity index (χ0) is 15.0. The average molecular weight is 302 g/mol. The van der Waals surface area contributed by atoms with Gasteiger partial charge in [-0.05, 0) is 13.1 Å². The summed E-state index contributed by atoms with van der Waals surface area (Å²) in [5.74, 6) is 0. The molecule has 0 aliphatic rings. The third-order valence-corrected chi connectivity index (χ3v) is 3.29. The van der Waals surface area contributed by atoms with Gasteiger partial charge in [-0.1, -0.05) is 17.7 Å². The first-order chi connectivity index (χ1) is 9.56. The number of methoxy groups -OCH3 is 1. The molecular formula is C13H20ClN3O3. The number of nitrogens with zero attached hydrogens (tertiary/aromatic N) is 2. The third kappa shape index (κ3) is 5.42. The summed E-state index contributed by atoms with van der Waals surface area (Å²) in [4.78, 5) is 12.6. The number of rotatable bonds is 9. The van der Waals surface area contributed by atoms with Crippen molar-refractivity contribution < 1.29 is 9.66 Å². The van der Waals surface area contributed by atoms with Crippen LogP contribution in [0.1, 0.15) is 5.56 Å². The molecule has 0 aromatic heterocycles. The Balaban J connectivity index is 2.44. The number of hydrogen-bond acceptors (Lipinski definition) is 5. The molecule has 1 aromatic rings. The highest BCUT2D eigenvalue weighted by Gasteiger charge is 2.15. The van der Waals surface area contributed by atoms with Gasteiger partial charge in [-0.25, -0.2) is 0 Å². The number of ether oxygens (including phenoxy) is 1. The Morgan fingerprint density at radius 2 is 2.20 bits per heavy atom. The van der Waals surface area contributed by atoms with E-state index < -0.39 is 4.92 Å². The van der Waals surface area contributed by atoms with Crippen LogP contribution in [0.4, 0.5) is 5.69 Å². The standard InChI is InChI=1S/C13H20ClN3O3/c1-16(8-9-20-2)7-6-15-10-11-12(14)4-3-5-13(11)17(18)19/h3-5,15H,6-10H2,1-2H3. The molecule has 0 unspecified atom stereocenters. The summed E-state index contributed by atoms with van der Waals surface area (Å²) in [7, 11) is 3.67. The summed E-state index contributed by atoms with van der Waals surface area (Å²) in [6.45, 7) is 3.48. The quantitative estimate of drug-likeness (QED) is 0.429. The van der Waals surface area contributed by atoms with Crippen molar-refractivity contribution in [2.24, 2.45) is 0 Å². The number of hydrogen-bond donors (Lipinski definition) is 1. The first-order valence-corrected chi connectivity index (χ1v) is 6.74. The van der Waals surface area contributed by atoms with E-state index in [9.17, 15) is 10.1 Å². The summed E-state index contributed by atoms with van der Waals surface area (Å²) in [6.07, 6.45) is 0. The molecule has 6 nitrogen and oxygen atoms in total. The fourth-order valence-corrected chi connectivity index (χ4v) is 1.97. The molecule has 0 atom stereocenters. The van der Waals surface area contributed by atoms with Gasteiger partial charge in [-0.2, -0.15) is 0 Å². The minimum atomic E-state index is -0.409. The average Bonchev–Trinajstić information content (AvgIpc) is 2.42. The number of benzene rings is 1. The van der Waals surface area contributed by atoms with Crippen LogP contribution in [0.3, 0.4) is 0 Å². The van der Waals surface area contributed by atoms with Crippen LogP contribution in [-0.4, -0.2) is 50.2 Å². The first-order valence-electron chi connectivity index (χ1n) is 6.36. The Labute approximate surface area is 123 Å². The lowest BCUT2D eigenvalue weighted by molar-refractivity contribution is -0.385. The first kappa shape index (κ1) is 16.8. The van der Waals surface area contributed by atoms with E-state index in [1.807, 2.05) is 7.05 Å². The van der Waals surface area contributed by atoms with Gasteiger partial charge >= 0.3 is 0 Å². The maximum atomic E-state index is 10.9. The molecule has 0 heterocycles. The van der Waals surface area contributed by atoms with Crippen LogP contribution in [0.2, 0.25) is 5.02 Å². The monoisotopic (exact) mass is 301 g/mol. The number of halogens is 1. The molecule has 0 saturated carbocycles. The van der Waals surface area contributed by atoms with Crippen LogP contribution in [-0.2, 0) is 11.3 Å². The molecule has 20 heavy (non-hydrogen) atoms. The van der Waals surface area contributed by atoms with E-state index in [1.165, 1.54) is 6.07 Å². The van der Waals surface area contributed by atoms with Crippen LogP contribution in [0.15, 0.2) is 18.2 Å². The molecule has 0 spiro atoms. The normalized spacial score (nSPS) is 11.0. The number of nitro groups is 1. The number of nitrogens with one attached hydrogen (secondary N) is 1. The number of likely N-dealkylation sites (N-methyl/N-ethyl adjacent to an activating group) is 1. The molecule has 0 saturated heterocycles. The van der Waals surface area contributed by atoms with Crippen LogP contribution < -0.4 is 5.32 Å². The fourth-order valence-electron chi connectivity index (χ4n) is 1.74. The highest BCUT2D eigenvalue weighted by atomic mass is 35.5. The molecule has 1 N–H and O–H groups in total. The molecule has 0 aliphatic carbocycles. The molecule has 0 amide bonds. The van der Waals surface area contributed by atoms with Gasteiger partial charge < -0.3 is 15.0 Å². The Kier molecular flexibility index (Phi) is 7.46. The zero-order valence-electron chi connectivity index (χ0n) is 11.8. The van der Waals surface area contributed by atoms with Crippen LogP contribution in [0.25, 0.3) is 0 Å². The van der Waals surface area contributed by atoms with Gasteiger partial charge in [0.25, 0.3) is 5.69 Å². The van der Waals surface area contributed by atoms with E-state index in [1.54, 1.807) is 19.2 Å². The largest absolute Gasteiger partial charge is 0.383 e. The van der Waals surface area contributed by atoms with Gasteiger partial charge in [0, 0.05) is 39.4 Å². The van der Waals surface area contributed by atoms with Crippen molar-refractivity contribution in [1.82, 2.24) is 10.2 Å². The summed E-state index contributed by atoms with van der Waals surface area (Å²) in [5.41, 5.74) is 0.580. The maximum Gasteiger partial charge on any atom is 0.275 e. The maximum absolute atomic E-state index is 10.9. The van der Waals surface area contributed by atoms with E-state index in [0.717, 1.165) is 19.6 Å². The van der Waals surface area contributed by atoms with Gasteiger partial charge in [0.05, 0.1) is 22.1 Å². The Morgan fingerprint density at radius 1 is 1.45 bits per heavy atom. The van der Waals surface area contributed by atoms with Gasteiger partial charge in [-0.15, -0.1) is 0 Å². The van der Waals surface area contributed by atoms with Crippen molar-refractivity contribution >= 4 is 17.3 Å². The molecule has 0 fully saturated rings. The molecule has 1 rings (SSSR count). The van der Waals surface area contributed by atoms with E-state index in [-0.39, 0.29) is 5.69 Å². The predicted molar refractivity (Wildman–Crippen MR) is 79.2 cm³/mol. The molecular weight excluding hydrogens is 282 g/mol. The molecule has 0 aliphatic heterocycles. The van der Waals surface area contributed by atoms with Crippen molar-refractivity contribution in [2.45, 2.75) is 6.54 Å². The second kappa shape index (κ2) is 8.86. The lowest BCUT2D eigenvalue weighted by Gasteiger charge is -2.16. The van der Waals surface area contributed by atoms with E-state index in [2.05, 4.69) is 10.2 Å². The lowest BCUT2D eigenvalue weighted by Crippen LogP contribution is -2.31. The van der Waals surface area contributed by atoms with Crippen molar-refractivity contribution in [3.05, 3.63) is 38.9 Å². The van der Waals surface area contributed by atoms with Gasteiger partial charge in [0.1, 0.15) is 0 Å². The molecule has 0 bridgehead atoms. The van der Waals surface area contributed by atoms with E-state index in [0.29, 0.717) is 23.7 Å². The SMILES string of the molecule is COCCN(C)CCNCc1c(Cl)cccc1[N+](=O)[O-]. The topological polar surface area (TPSA) is 67.6 Å². The minimum absolute atomic E-state index is 0.0535.